The minimum absolute atomic E-state index is 0.0850. The number of hydrogen-bond acceptors (Lipinski definition) is 3. The van der Waals surface area contributed by atoms with Gasteiger partial charge < -0.3 is 15.1 Å². The average Bonchev–Trinajstić information content (AvgIpc) is 3.15. The molecule has 0 radical (unpaired) electrons. The average molecular weight is 554 g/mol. The summed E-state index contributed by atoms with van der Waals surface area (Å²) < 4.78 is 1.02. The zero-order chi connectivity index (χ0) is 24.2. The van der Waals surface area contributed by atoms with E-state index in [-0.39, 0.29) is 17.6 Å². The molecule has 3 aromatic rings. The minimum atomic E-state index is -0.158. The molecule has 2 aliphatic heterocycles. The number of anilines is 2. The van der Waals surface area contributed by atoms with E-state index in [2.05, 4.69) is 94.2 Å². The van der Waals surface area contributed by atoms with Gasteiger partial charge in [-0.2, -0.15) is 0 Å². The van der Waals surface area contributed by atoms with Gasteiger partial charge in [0.15, 0.2) is 5.11 Å². The number of aromatic nitrogens is 1. The van der Waals surface area contributed by atoms with Crippen LogP contribution in [0.5, 0.6) is 0 Å². The lowest BCUT2D eigenvalue weighted by Gasteiger charge is -2.41. The molecule has 1 aromatic heterocycles. The second-order valence-electron chi connectivity index (χ2n) is 9.40. The summed E-state index contributed by atoms with van der Waals surface area (Å²) in [4.78, 5) is 9.10. The standard InChI is InChI=1S/C27H26BrClN4S/c1-16-15-27(2,3)32(4)23-14-21(29)20(13-19(16)23)25-24(22-7-5-6-12-30-22)31-26(34)33(25)18-10-8-17(28)9-11-18/h5-15,24-25H,1-4H3,(H,31,34)/t24-,25+/m0/s1. The van der Waals surface area contributed by atoms with Gasteiger partial charge in [-0.25, -0.2) is 0 Å². The van der Waals surface area contributed by atoms with Crippen molar-refractivity contribution in [3.8, 4) is 0 Å². The Kier molecular flexibility index (Phi) is 5.95. The quantitative estimate of drug-likeness (QED) is 0.344. The van der Waals surface area contributed by atoms with Crippen molar-refractivity contribution in [3.05, 3.63) is 93.2 Å². The number of nitrogens with one attached hydrogen (secondary N) is 1. The molecule has 0 aliphatic carbocycles. The van der Waals surface area contributed by atoms with Crippen molar-refractivity contribution in [2.45, 2.75) is 38.4 Å². The number of pyridine rings is 1. The maximum Gasteiger partial charge on any atom is 0.174 e. The predicted octanol–water partition coefficient (Wildman–Crippen LogP) is 7.31. The Labute approximate surface area is 219 Å². The Morgan fingerprint density at radius 1 is 1.12 bits per heavy atom. The third kappa shape index (κ3) is 3.92. The highest BCUT2D eigenvalue weighted by Gasteiger charge is 2.42. The zero-order valence-electron chi connectivity index (χ0n) is 19.5. The summed E-state index contributed by atoms with van der Waals surface area (Å²) in [6.07, 6.45) is 4.13. The highest BCUT2D eigenvalue weighted by atomic mass is 79.9. The van der Waals surface area contributed by atoms with Gasteiger partial charge in [-0.1, -0.05) is 39.7 Å². The molecule has 1 saturated heterocycles. The normalized spacial score (nSPS) is 21.2. The number of nitrogens with zero attached hydrogens (tertiary/aromatic N) is 3. The van der Waals surface area contributed by atoms with Gasteiger partial charge in [-0.05, 0) is 92.7 Å². The topological polar surface area (TPSA) is 31.4 Å². The second-order valence-corrected chi connectivity index (χ2v) is 11.1. The van der Waals surface area contributed by atoms with Crippen LogP contribution in [-0.4, -0.2) is 22.7 Å². The van der Waals surface area contributed by atoms with Crippen molar-refractivity contribution in [2.24, 2.45) is 0 Å². The Morgan fingerprint density at radius 2 is 1.85 bits per heavy atom. The van der Waals surface area contributed by atoms with Crippen molar-refractivity contribution in [3.63, 3.8) is 0 Å². The van der Waals surface area contributed by atoms with E-state index in [0.29, 0.717) is 5.11 Å². The number of hydrogen-bond donors (Lipinski definition) is 1. The van der Waals surface area contributed by atoms with Gasteiger partial charge >= 0.3 is 0 Å². The zero-order valence-corrected chi connectivity index (χ0v) is 22.7. The molecule has 1 N–H and O–H groups in total. The molecule has 174 valence electrons. The van der Waals surface area contributed by atoms with Gasteiger partial charge in [0.1, 0.15) is 0 Å². The minimum Gasteiger partial charge on any atom is -0.365 e. The van der Waals surface area contributed by atoms with Crippen LogP contribution in [0.2, 0.25) is 5.02 Å². The first-order valence-electron chi connectivity index (χ1n) is 11.2. The largest absolute Gasteiger partial charge is 0.365 e. The SMILES string of the molecule is CC1=CC(C)(C)N(C)c2cc(Cl)c([C@@H]3[C@H](c4ccccn4)NC(=S)N3c3ccc(Br)cc3)cc21. The van der Waals surface area contributed by atoms with Gasteiger partial charge in [0.2, 0.25) is 0 Å². The van der Waals surface area contributed by atoms with Crippen LogP contribution in [0.25, 0.3) is 5.57 Å². The summed E-state index contributed by atoms with van der Waals surface area (Å²) >= 11 is 16.5. The molecule has 7 heteroatoms. The Morgan fingerprint density at radius 3 is 2.53 bits per heavy atom. The van der Waals surface area contributed by atoms with Gasteiger partial charge in [-0.3, -0.25) is 4.98 Å². The van der Waals surface area contributed by atoms with Crippen LogP contribution < -0.4 is 15.1 Å². The third-order valence-corrected chi connectivity index (χ3v) is 8.03. The maximum absolute atomic E-state index is 7.05. The summed E-state index contributed by atoms with van der Waals surface area (Å²) in [5.74, 6) is 0. The molecule has 4 nitrogen and oxygen atoms in total. The van der Waals surface area contributed by atoms with Crippen LogP contribution >= 0.6 is 39.7 Å². The van der Waals surface area contributed by atoms with Crippen LogP contribution in [0.15, 0.2) is 71.3 Å². The number of fused-ring (bicyclic) bond motifs is 1. The lowest BCUT2D eigenvalue weighted by Crippen LogP contribution is -2.42. The molecule has 3 heterocycles. The van der Waals surface area contributed by atoms with Gasteiger partial charge in [0, 0.05) is 39.7 Å². The van der Waals surface area contributed by atoms with E-state index in [1.165, 1.54) is 11.1 Å². The molecule has 2 atom stereocenters. The molecule has 1 fully saturated rings. The third-order valence-electron chi connectivity index (χ3n) is 6.86. The monoisotopic (exact) mass is 552 g/mol. The van der Waals surface area contributed by atoms with Gasteiger partial charge in [0.05, 0.1) is 23.3 Å². The first kappa shape index (κ1) is 23.3. The summed E-state index contributed by atoms with van der Waals surface area (Å²) in [6.45, 7) is 6.60. The van der Waals surface area contributed by atoms with E-state index < -0.39 is 0 Å². The molecule has 34 heavy (non-hydrogen) atoms. The molecule has 0 amide bonds. The van der Waals surface area contributed by atoms with Crippen molar-refractivity contribution in [1.29, 1.82) is 0 Å². The fraction of sp³-hybridized carbons (Fsp3) is 0.259. The van der Waals surface area contributed by atoms with Crippen LogP contribution in [0.1, 0.15) is 49.7 Å². The van der Waals surface area contributed by atoms with Gasteiger partial charge in [-0.15, -0.1) is 0 Å². The summed E-state index contributed by atoms with van der Waals surface area (Å²) in [7, 11) is 2.12. The number of halogens is 2. The summed E-state index contributed by atoms with van der Waals surface area (Å²) in [5, 5.41) is 4.89. The fourth-order valence-corrected chi connectivity index (χ4v) is 5.85. The van der Waals surface area contributed by atoms with Crippen molar-refractivity contribution in [2.75, 3.05) is 16.8 Å². The number of allylic oxidation sites excluding steroid dienone is 1. The predicted molar refractivity (Wildman–Crippen MR) is 150 cm³/mol. The molecule has 0 saturated carbocycles. The fourth-order valence-electron chi connectivity index (χ4n) is 4.97. The molecule has 2 aliphatic rings. The number of thiocarbonyl (C=S) groups is 1. The highest BCUT2D eigenvalue weighted by Crippen LogP contribution is 2.47. The second kappa shape index (κ2) is 8.67. The molecule has 2 aromatic carbocycles. The summed E-state index contributed by atoms with van der Waals surface area (Å²) in [6, 6.07) is 18.2. The van der Waals surface area contributed by atoms with E-state index in [1.807, 2.05) is 36.5 Å². The smallest absolute Gasteiger partial charge is 0.174 e. The van der Waals surface area contributed by atoms with E-state index in [0.717, 1.165) is 32.1 Å². The van der Waals surface area contributed by atoms with E-state index in [9.17, 15) is 0 Å². The van der Waals surface area contributed by atoms with Crippen LogP contribution in [-0.2, 0) is 0 Å². The molecular weight excluding hydrogens is 528 g/mol. The van der Waals surface area contributed by atoms with Gasteiger partial charge in [0.25, 0.3) is 0 Å². The number of benzene rings is 2. The van der Waals surface area contributed by atoms with Crippen LogP contribution in [0.3, 0.4) is 0 Å². The lowest BCUT2D eigenvalue weighted by molar-refractivity contribution is 0.567. The first-order chi connectivity index (χ1) is 16.2. The Hall–Kier alpha value is -2.41. The molecular formula is C27H26BrClN4S. The Balaban J connectivity index is 1.70. The maximum atomic E-state index is 7.05. The summed E-state index contributed by atoms with van der Waals surface area (Å²) in [5.41, 5.74) is 6.43. The number of rotatable bonds is 3. The van der Waals surface area contributed by atoms with Crippen LogP contribution in [0.4, 0.5) is 11.4 Å². The lowest BCUT2D eigenvalue weighted by atomic mass is 9.86. The van der Waals surface area contributed by atoms with Crippen molar-refractivity contribution < 1.29 is 0 Å². The Bertz CT molecular complexity index is 1290. The van der Waals surface area contributed by atoms with Crippen molar-refractivity contribution in [1.82, 2.24) is 10.3 Å². The van der Waals surface area contributed by atoms with Crippen LogP contribution in [0, 0.1) is 0 Å². The number of likely N-dealkylation sites (N-methyl/N-ethyl adjacent to an activating group) is 1. The first-order valence-corrected chi connectivity index (χ1v) is 12.8. The molecule has 0 bridgehead atoms. The highest BCUT2D eigenvalue weighted by molar-refractivity contribution is 9.10. The van der Waals surface area contributed by atoms with E-state index in [1.54, 1.807) is 0 Å². The molecule has 5 rings (SSSR count). The van der Waals surface area contributed by atoms with E-state index >= 15 is 0 Å². The van der Waals surface area contributed by atoms with E-state index in [4.69, 9.17) is 23.8 Å². The molecule has 0 spiro atoms. The van der Waals surface area contributed by atoms with Crippen molar-refractivity contribution >= 4 is 61.8 Å². The molecule has 0 unspecified atom stereocenters.